The zero-order valence-corrected chi connectivity index (χ0v) is 12.9. The van der Waals surface area contributed by atoms with Crippen molar-refractivity contribution in [3.05, 3.63) is 18.2 Å². The Bertz CT molecular complexity index is 399. The molecule has 1 N–H and O–H groups in total. The van der Waals surface area contributed by atoms with Gasteiger partial charge in [0.1, 0.15) is 5.60 Å². The molecule has 0 saturated heterocycles. The monoisotopic (exact) mass is 285 g/mol. The van der Waals surface area contributed by atoms with Crippen molar-refractivity contribution < 1.29 is 9.53 Å². The number of amides is 1. The van der Waals surface area contributed by atoms with Gasteiger partial charge in [0.15, 0.2) is 0 Å². The molecule has 19 heavy (non-hydrogen) atoms. The van der Waals surface area contributed by atoms with E-state index < -0.39 is 5.60 Å². The minimum Gasteiger partial charge on any atom is -0.444 e. The first-order valence-electron chi connectivity index (χ1n) is 6.37. The second-order valence-electron chi connectivity index (χ2n) is 5.25. The average molecular weight is 285 g/mol. The molecule has 0 unspecified atom stereocenters. The highest BCUT2D eigenvalue weighted by molar-refractivity contribution is 7.98. The number of aryl methyl sites for hydroxylation is 1. The zero-order chi connectivity index (χ0) is 14.3. The Morgan fingerprint density at radius 1 is 1.53 bits per heavy atom. The standard InChI is InChI=1S/C13H23N3O2S/c1-13(2,3)18-12(17)15-6-5-11-9-14-10-16(11)7-8-19-4/h9-10H,5-8H2,1-4H3,(H,15,17). The van der Waals surface area contributed by atoms with Crippen LogP contribution in [0, 0.1) is 0 Å². The van der Waals surface area contributed by atoms with Gasteiger partial charge in [-0.2, -0.15) is 11.8 Å². The van der Waals surface area contributed by atoms with E-state index >= 15 is 0 Å². The summed E-state index contributed by atoms with van der Waals surface area (Å²) in [6.45, 7) is 7.06. The molecule has 0 bridgehead atoms. The van der Waals surface area contributed by atoms with Gasteiger partial charge in [0.25, 0.3) is 0 Å². The summed E-state index contributed by atoms with van der Waals surface area (Å²) in [6, 6.07) is 0. The molecule has 108 valence electrons. The van der Waals surface area contributed by atoms with Crippen molar-refractivity contribution in [2.24, 2.45) is 0 Å². The molecule has 0 radical (unpaired) electrons. The summed E-state index contributed by atoms with van der Waals surface area (Å²) in [5.41, 5.74) is 0.676. The maximum Gasteiger partial charge on any atom is 0.407 e. The van der Waals surface area contributed by atoms with Crippen LogP contribution in [0.1, 0.15) is 26.5 Å². The average Bonchev–Trinajstić information content (AvgIpc) is 2.71. The Hall–Kier alpha value is -1.17. The van der Waals surface area contributed by atoms with Gasteiger partial charge in [0.2, 0.25) is 0 Å². The van der Waals surface area contributed by atoms with E-state index in [9.17, 15) is 4.79 Å². The van der Waals surface area contributed by atoms with E-state index in [1.165, 1.54) is 0 Å². The fraction of sp³-hybridized carbons (Fsp3) is 0.692. The molecule has 0 spiro atoms. The number of aromatic nitrogens is 2. The predicted molar refractivity (Wildman–Crippen MR) is 78.5 cm³/mol. The summed E-state index contributed by atoms with van der Waals surface area (Å²) in [5.74, 6) is 1.06. The lowest BCUT2D eigenvalue weighted by molar-refractivity contribution is 0.0528. The molecule has 0 saturated carbocycles. The molecule has 1 aromatic rings. The van der Waals surface area contributed by atoms with E-state index in [1.807, 2.05) is 33.3 Å². The SMILES string of the molecule is CSCCn1cncc1CCNC(=O)OC(C)(C)C. The normalized spacial score (nSPS) is 11.4. The molecule has 0 fully saturated rings. The van der Waals surface area contributed by atoms with Gasteiger partial charge in [0, 0.05) is 37.2 Å². The van der Waals surface area contributed by atoms with E-state index in [1.54, 1.807) is 11.8 Å². The lowest BCUT2D eigenvalue weighted by Gasteiger charge is -2.19. The molecule has 5 nitrogen and oxygen atoms in total. The number of hydrogen-bond acceptors (Lipinski definition) is 4. The lowest BCUT2D eigenvalue weighted by Crippen LogP contribution is -2.33. The number of nitrogens with one attached hydrogen (secondary N) is 1. The van der Waals surface area contributed by atoms with Crippen molar-refractivity contribution in [1.29, 1.82) is 0 Å². The molecule has 1 aromatic heterocycles. The predicted octanol–water partition coefficient (Wildman–Crippen LogP) is 2.31. The molecule has 1 rings (SSSR count). The summed E-state index contributed by atoms with van der Waals surface area (Å²) < 4.78 is 7.29. The fourth-order valence-corrected chi connectivity index (χ4v) is 1.93. The maximum atomic E-state index is 11.5. The molecule has 1 heterocycles. The van der Waals surface area contributed by atoms with Crippen molar-refractivity contribution in [1.82, 2.24) is 14.9 Å². The van der Waals surface area contributed by atoms with Gasteiger partial charge in [0.05, 0.1) is 6.33 Å². The number of alkyl carbamates (subject to hydrolysis) is 1. The molecule has 0 aromatic carbocycles. The highest BCUT2D eigenvalue weighted by Crippen LogP contribution is 2.07. The highest BCUT2D eigenvalue weighted by Gasteiger charge is 2.15. The number of carbonyl (C=O) groups is 1. The molecule has 0 aliphatic carbocycles. The minimum absolute atomic E-state index is 0.373. The number of hydrogen-bond donors (Lipinski definition) is 1. The van der Waals surface area contributed by atoms with E-state index in [0.29, 0.717) is 6.54 Å². The lowest BCUT2D eigenvalue weighted by atomic mass is 10.2. The van der Waals surface area contributed by atoms with E-state index in [4.69, 9.17) is 4.74 Å². The van der Waals surface area contributed by atoms with Crippen LogP contribution in [-0.2, 0) is 17.7 Å². The first-order chi connectivity index (χ1) is 8.92. The number of thioether (sulfide) groups is 1. The fourth-order valence-electron chi connectivity index (χ4n) is 1.55. The van der Waals surface area contributed by atoms with Gasteiger partial charge in [-0.1, -0.05) is 0 Å². The third-order valence-corrected chi connectivity index (χ3v) is 2.98. The summed E-state index contributed by atoms with van der Waals surface area (Å²) in [7, 11) is 0. The quantitative estimate of drug-likeness (QED) is 0.871. The highest BCUT2D eigenvalue weighted by atomic mass is 32.2. The number of nitrogens with zero attached hydrogens (tertiary/aromatic N) is 2. The Labute approximate surface area is 119 Å². The van der Waals surface area contributed by atoms with Gasteiger partial charge in [-0.05, 0) is 27.0 Å². The number of ether oxygens (including phenoxy) is 1. The van der Waals surface area contributed by atoms with E-state index in [2.05, 4.69) is 21.1 Å². The van der Waals surface area contributed by atoms with Crippen LogP contribution in [0.25, 0.3) is 0 Å². The zero-order valence-electron chi connectivity index (χ0n) is 12.1. The number of carbonyl (C=O) groups excluding carboxylic acids is 1. The van der Waals surface area contributed by atoms with Gasteiger partial charge >= 0.3 is 6.09 Å². The van der Waals surface area contributed by atoms with Gasteiger partial charge < -0.3 is 14.6 Å². The van der Waals surface area contributed by atoms with Crippen LogP contribution < -0.4 is 5.32 Å². The second-order valence-corrected chi connectivity index (χ2v) is 6.24. The van der Waals surface area contributed by atoms with Crippen LogP contribution >= 0.6 is 11.8 Å². The van der Waals surface area contributed by atoms with Crippen molar-refractivity contribution in [3.63, 3.8) is 0 Å². The van der Waals surface area contributed by atoms with E-state index in [0.717, 1.165) is 24.4 Å². The first-order valence-corrected chi connectivity index (χ1v) is 7.76. The van der Waals surface area contributed by atoms with Crippen molar-refractivity contribution in [3.8, 4) is 0 Å². The smallest absolute Gasteiger partial charge is 0.407 e. The molecule has 0 aliphatic rings. The molecular weight excluding hydrogens is 262 g/mol. The van der Waals surface area contributed by atoms with Gasteiger partial charge in [-0.15, -0.1) is 0 Å². The van der Waals surface area contributed by atoms with Crippen LogP contribution in [0.4, 0.5) is 4.79 Å². The first kappa shape index (κ1) is 15.9. The van der Waals surface area contributed by atoms with Crippen LogP contribution in [0.5, 0.6) is 0 Å². The van der Waals surface area contributed by atoms with Crippen LogP contribution in [0.2, 0.25) is 0 Å². The van der Waals surface area contributed by atoms with Crippen molar-refractivity contribution >= 4 is 17.9 Å². The number of rotatable bonds is 6. The third-order valence-electron chi connectivity index (χ3n) is 2.38. The summed E-state index contributed by atoms with van der Waals surface area (Å²) in [5, 5.41) is 2.75. The second kappa shape index (κ2) is 7.43. The molecular formula is C13H23N3O2S. The molecule has 1 amide bonds. The van der Waals surface area contributed by atoms with Crippen LogP contribution in [0.15, 0.2) is 12.5 Å². The van der Waals surface area contributed by atoms with Gasteiger partial charge in [-0.3, -0.25) is 0 Å². The third kappa shape index (κ3) is 6.52. The molecule has 0 atom stereocenters. The van der Waals surface area contributed by atoms with Crippen molar-refractivity contribution in [2.75, 3.05) is 18.6 Å². The topological polar surface area (TPSA) is 56.2 Å². The summed E-state index contributed by atoms with van der Waals surface area (Å²) >= 11 is 1.81. The van der Waals surface area contributed by atoms with Crippen LogP contribution in [0.3, 0.4) is 0 Å². The number of imidazole rings is 1. The van der Waals surface area contributed by atoms with Gasteiger partial charge in [-0.25, -0.2) is 9.78 Å². The summed E-state index contributed by atoms with van der Waals surface area (Å²) in [6.07, 6.45) is 6.15. The minimum atomic E-state index is -0.454. The Balaban J connectivity index is 2.33. The summed E-state index contributed by atoms with van der Waals surface area (Å²) in [4.78, 5) is 15.6. The maximum absolute atomic E-state index is 11.5. The molecule has 0 aliphatic heterocycles. The van der Waals surface area contributed by atoms with E-state index in [-0.39, 0.29) is 6.09 Å². The van der Waals surface area contributed by atoms with Crippen molar-refractivity contribution in [2.45, 2.75) is 39.3 Å². The Morgan fingerprint density at radius 2 is 2.26 bits per heavy atom. The Kier molecular flexibility index (Phi) is 6.21. The molecule has 6 heteroatoms. The Morgan fingerprint density at radius 3 is 2.89 bits per heavy atom. The van der Waals surface area contributed by atoms with Crippen LogP contribution in [-0.4, -0.2) is 39.8 Å². The largest absolute Gasteiger partial charge is 0.444 e.